The number of phenolic OH excluding ortho intramolecular Hbond substituents is 1. The van der Waals surface area contributed by atoms with E-state index < -0.39 is 0 Å². The van der Waals surface area contributed by atoms with Crippen molar-refractivity contribution in [2.24, 2.45) is 0 Å². The number of hydrogen-bond acceptors (Lipinski definition) is 7. The van der Waals surface area contributed by atoms with Gasteiger partial charge in [-0.2, -0.15) is 5.10 Å². The number of aromatic hydroxyl groups is 1. The molecule has 0 spiro atoms. The van der Waals surface area contributed by atoms with Gasteiger partial charge in [-0.15, -0.1) is 0 Å². The Hall–Kier alpha value is -3.69. The summed E-state index contributed by atoms with van der Waals surface area (Å²) >= 11 is 6.24. The van der Waals surface area contributed by atoms with Crippen LogP contribution in [-0.4, -0.2) is 63.0 Å². The largest absolute Gasteiger partial charge is 0.507 e. The van der Waals surface area contributed by atoms with E-state index in [0.717, 1.165) is 17.8 Å². The van der Waals surface area contributed by atoms with E-state index in [9.17, 15) is 9.90 Å². The Kier molecular flexibility index (Phi) is 7.71. The average molecular weight is 510 g/mol. The molecule has 36 heavy (non-hydrogen) atoms. The van der Waals surface area contributed by atoms with Crippen molar-refractivity contribution in [3.05, 3.63) is 64.6 Å². The van der Waals surface area contributed by atoms with Gasteiger partial charge >= 0.3 is 0 Å². The molecule has 0 saturated heterocycles. The van der Waals surface area contributed by atoms with Gasteiger partial charge in [0.25, 0.3) is 5.91 Å². The Morgan fingerprint density at radius 2 is 1.97 bits per heavy atom. The van der Waals surface area contributed by atoms with E-state index in [4.69, 9.17) is 21.1 Å². The predicted molar refractivity (Wildman–Crippen MR) is 137 cm³/mol. The Bertz CT molecular complexity index is 1400. The summed E-state index contributed by atoms with van der Waals surface area (Å²) in [4.78, 5) is 24.4. The number of rotatable bonds is 9. The summed E-state index contributed by atoms with van der Waals surface area (Å²) in [5.74, 6) is 0.346. The number of methoxy groups -OCH3 is 1. The highest BCUT2D eigenvalue weighted by atomic mass is 35.5. The number of carbonyl (C=O) groups excluding carboxylic acids is 1. The fraction of sp³-hybridized carbons (Fsp3) is 0.308. The molecule has 10 heteroatoms. The topological polar surface area (TPSA) is 103 Å². The molecule has 1 amide bonds. The van der Waals surface area contributed by atoms with Gasteiger partial charge in [-0.05, 0) is 44.2 Å². The molecule has 2 heterocycles. The molecule has 1 N–H and O–H groups in total. The lowest BCUT2D eigenvalue weighted by Gasteiger charge is -2.18. The number of ether oxygens (including phenoxy) is 2. The SMILES string of the molecule is CCn1ncc(CN(C)C(=O)c2nc(-c3ccc(OCCOC)cc3O)nc3ccc(Cl)cc23)c1C. The van der Waals surface area contributed by atoms with Crippen LogP contribution < -0.4 is 4.74 Å². The number of phenols is 1. The van der Waals surface area contributed by atoms with E-state index in [1.54, 1.807) is 55.6 Å². The highest BCUT2D eigenvalue weighted by Gasteiger charge is 2.22. The van der Waals surface area contributed by atoms with Crippen LogP contribution in [0.1, 0.15) is 28.7 Å². The van der Waals surface area contributed by atoms with E-state index in [0.29, 0.717) is 47.0 Å². The summed E-state index contributed by atoms with van der Waals surface area (Å²) in [6, 6.07) is 9.97. The summed E-state index contributed by atoms with van der Waals surface area (Å²) in [5.41, 5.74) is 3.07. The van der Waals surface area contributed by atoms with Gasteiger partial charge in [0.2, 0.25) is 0 Å². The van der Waals surface area contributed by atoms with Crippen molar-refractivity contribution in [3.8, 4) is 22.9 Å². The maximum Gasteiger partial charge on any atom is 0.273 e. The number of nitrogens with zero attached hydrogens (tertiary/aromatic N) is 5. The highest BCUT2D eigenvalue weighted by molar-refractivity contribution is 6.31. The molecular formula is C26H28ClN5O4. The zero-order valence-electron chi connectivity index (χ0n) is 20.7. The fourth-order valence-corrected chi connectivity index (χ4v) is 4.06. The minimum atomic E-state index is -0.298. The van der Waals surface area contributed by atoms with Gasteiger partial charge in [0.15, 0.2) is 5.82 Å². The lowest BCUT2D eigenvalue weighted by molar-refractivity contribution is 0.0781. The molecular weight excluding hydrogens is 482 g/mol. The zero-order chi connectivity index (χ0) is 25.8. The lowest BCUT2D eigenvalue weighted by atomic mass is 10.1. The molecule has 0 radical (unpaired) electrons. The molecule has 0 unspecified atom stereocenters. The molecule has 188 valence electrons. The molecule has 9 nitrogen and oxygen atoms in total. The van der Waals surface area contributed by atoms with Crippen molar-refractivity contribution in [3.63, 3.8) is 0 Å². The third kappa shape index (κ3) is 5.27. The Balaban J connectivity index is 1.71. The smallest absolute Gasteiger partial charge is 0.273 e. The Morgan fingerprint density at radius 1 is 1.17 bits per heavy atom. The quantitative estimate of drug-likeness (QED) is 0.332. The van der Waals surface area contributed by atoms with Crippen LogP contribution in [0.4, 0.5) is 0 Å². The van der Waals surface area contributed by atoms with Crippen molar-refractivity contribution in [2.45, 2.75) is 26.9 Å². The first-order valence-corrected chi connectivity index (χ1v) is 11.9. The van der Waals surface area contributed by atoms with Crippen LogP contribution in [0.15, 0.2) is 42.6 Å². The van der Waals surface area contributed by atoms with Crippen LogP contribution in [0.3, 0.4) is 0 Å². The van der Waals surface area contributed by atoms with E-state index in [-0.39, 0.29) is 23.2 Å². The maximum atomic E-state index is 13.6. The van der Waals surface area contributed by atoms with Crippen molar-refractivity contribution in [1.82, 2.24) is 24.6 Å². The minimum Gasteiger partial charge on any atom is -0.507 e. The van der Waals surface area contributed by atoms with Crippen LogP contribution in [0.25, 0.3) is 22.3 Å². The number of amides is 1. The first kappa shape index (κ1) is 25.4. The fourth-order valence-electron chi connectivity index (χ4n) is 3.88. The van der Waals surface area contributed by atoms with Crippen LogP contribution in [0.2, 0.25) is 5.02 Å². The summed E-state index contributed by atoms with van der Waals surface area (Å²) in [6.45, 7) is 5.89. The monoisotopic (exact) mass is 509 g/mol. The van der Waals surface area contributed by atoms with Crippen molar-refractivity contribution >= 4 is 28.4 Å². The second-order valence-electron chi connectivity index (χ2n) is 8.31. The predicted octanol–water partition coefficient (Wildman–Crippen LogP) is 4.48. The summed E-state index contributed by atoms with van der Waals surface area (Å²) in [5, 5.41) is 16.1. The number of fused-ring (bicyclic) bond motifs is 1. The summed E-state index contributed by atoms with van der Waals surface area (Å²) in [6.07, 6.45) is 1.78. The Labute approximate surface area is 214 Å². The number of carbonyl (C=O) groups is 1. The summed E-state index contributed by atoms with van der Waals surface area (Å²) in [7, 11) is 3.30. The Morgan fingerprint density at radius 3 is 2.67 bits per heavy atom. The standard InChI is InChI=1S/C26H28ClN5O4/c1-5-32-16(2)17(14-28-32)15-31(3)26(34)24-21-12-18(27)6-9-22(21)29-25(30-24)20-8-7-19(13-23(20)33)36-11-10-35-4/h6-9,12-14,33H,5,10-11,15H2,1-4H3. The van der Waals surface area contributed by atoms with Crippen LogP contribution in [0, 0.1) is 6.92 Å². The van der Waals surface area contributed by atoms with Gasteiger partial charge in [0, 0.05) is 55.0 Å². The van der Waals surface area contributed by atoms with Gasteiger partial charge in [-0.25, -0.2) is 9.97 Å². The first-order chi connectivity index (χ1) is 17.3. The van der Waals surface area contributed by atoms with Gasteiger partial charge in [-0.1, -0.05) is 11.6 Å². The van der Waals surface area contributed by atoms with E-state index in [1.807, 2.05) is 18.5 Å². The molecule has 4 rings (SSSR count). The minimum absolute atomic E-state index is 0.0624. The molecule has 0 fully saturated rings. The molecule has 0 aliphatic heterocycles. The van der Waals surface area contributed by atoms with Crippen molar-refractivity contribution < 1.29 is 19.4 Å². The van der Waals surface area contributed by atoms with E-state index in [1.165, 1.54) is 6.07 Å². The molecule has 0 saturated carbocycles. The van der Waals surface area contributed by atoms with Crippen LogP contribution >= 0.6 is 11.6 Å². The van der Waals surface area contributed by atoms with Gasteiger partial charge in [-0.3, -0.25) is 9.48 Å². The molecule has 0 bridgehead atoms. The van der Waals surface area contributed by atoms with E-state index >= 15 is 0 Å². The van der Waals surface area contributed by atoms with Crippen molar-refractivity contribution in [2.75, 3.05) is 27.4 Å². The maximum absolute atomic E-state index is 13.6. The van der Waals surface area contributed by atoms with Gasteiger partial charge < -0.3 is 19.5 Å². The molecule has 0 aliphatic carbocycles. The molecule has 2 aromatic heterocycles. The third-order valence-electron chi connectivity index (χ3n) is 5.89. The second kappa shape index (κ2) is 10.9. The van der Waals surface area contributed by atoms with Crippen molar-refractivity contribution in [1.29, 1.82) is 0 Å². The number of aryl methyl sites for hydroxylation is 1. The summed E-state index contributed by atoms with van der Waals surface area (Å²) < 4.78 is 12.4. The average Bonchev–Trinajstić information content (AvgIpc) is 3.22. The molecule has 0 aliphatic rings. The second-order valence-corrected chi connectivity index (χ2v) is 8.75. The van der Waals surface area contributed by atoms with Gasteiger partial charge in [0.05, 0.1) is 23.9 Å². The molecule has 0 atom stereocenters. The molecule has 4 aromatic rings. The molecule has 2 aromatic carbocycles. The number of halogens is 1. The number of benzene rings is 2. The van der Waals surface area contributed by atoms with Gasteiger partial charge in [0.1, 0.15) is 23.8 Å². The lowest BCUT2D eigenvalue weighted by Crippen LogP contribution is -2.27. The number of hydrogen-bond donors (Lipinski definition) is 1. The van der Waals surface area contributed by atoms with Crippen LogP contribution in [0.5, 0.6) is 11.5 Å². The third-order valence-corrected chi connectivity index (χ3v) is 6.12. The first-order valence-electron chi connectivity index (χ1n) is 11.5. The highest BCUT2D eigenvalue weighted by Crippen LogP contribution is 2.33. The zero-order valence-corrected chi connectivity index (χ0v) is 21.4. The normalized spacial score (nSPS) is 11.1. The number of aromatic nitrogens is 4. The van der Waals surface area contributed by atoms with Crippen LogP contribution in [-0.2, 0) is 17.8 Å². The van der Waals surface area contributed by atoms with E-state index in [2.05, 4.69) is 15.1 Å².